The van der Waals surface area contributed by atoms with E-state index in [1.807, 2.05) is 13.8 Å². The normalized spacial score (nSPS) is 11.6. The second-order valence-corrected chi connectivity index (χ2v) is 5.66. The van der Waals surface area contributed by atoms with Crippen molar-refractivity contribution in [3.05, 3.63) is 18.0 Å². The van der Waals surface area contributed by atoms with Crippen LogP contribution < -0.4 is 5.14 Å². The van der Waals surface area contributed by atoms with E-state index in [4.69, 9.17) is 5.14 Å². The number of amides is 1. The summed E-state index contributed by atoms with van der Waals surface area (Å²) in [5.41, 5.74) is 0.328. The highest BCUT2D eigenvalue weighted by Gasteiger charge is 2.20. The third-order valence-corrected chi connectivity index (χ3v) is 3.57. The highest BCUT2D eigenvalue weighted by Crippen LogP contribution is 2.14. The molecule has 0 saturated heterocycles. The zero-order chi connectivity index (χ0) is 13.9. The van der Waals surface area contributed by atoms with E-state index < -0.39 is 10.0 Å². The minimum atomic E-state index is -3.77. The minimum Gasteiger partial charge on any atom is -0.345 e. The maximum absolute atomic E-state index is 12.2. The van der Waals surface area contributed by atoms with Crippen molar-refractivity contribution in [3.8, 4) is 0 Å². The lowest BCUT2D eigenvalue weighted by atomic mass is 10.3. The van der Waals surface area contributed by atoms with E-state index in [2.05, 4.69) is 0 Å². The number of primary sulfonamides is 1. The maximum Gasteiger partial charge on any atom is 0.270 e. The molecular formula is C11H19N3O3S. The molecule has 1 heterocycles. The number of hydrogen-bond acceptors (Lipinski definition) is 3. The second kappa shape index (κ2) is 5.53. The largest absolute Gasteiger partial charge is 0.345 e. The Labute approximate surface area is 107 Å². The molecule has 0 aliphatic carbocycles. The van der Waals surface area contributed by atoms with Crippen LogP contribution in [0.15, 0.2) is 17.2 Å². The summed E-state index contributed by atoms with van der Waals surface area (Å²) >= 11 is 0. The molecule has 0 atom stereocenters. The third-order valence-electron chi connectivity index (χ3n) is 2.69. The van der Waals surface area contributed by atoms with Crippen molar-refractivity contribution < 1.29 is 13.2 Å². The van der Waals surface area contributed by atoms with E-state index in [1.54, 1.807) is 11.9 Å². The summed E-state index contributed by atoms with van der Waals surface area (Å²) in [6.07, 6.45) is 2.20. The van der Waals surface area contributed by atoms with Crippen LogP contribution in [0, 0.1) is 0 Å². The van der Waals surface area contributed by atoms with Crippen molar-refractivity contribution >= 4 is 15.9 Å². The van der Waals surface area contributed by atoms with Crippen LogP contribution in [0.5, 0.6) is 0 Å². The van der Waals surface area contributed by atoms with Crippen LogP contribution in [0.3, 0.4) is 0 Å². The molecule has 1 rings (SSSR count). The molecule has 0 spiro atoms. The Hall–Kier alpha value is -1.34. The average Bonchev–Trinajstić information content (AvgIpc) is 2.67. The number of sulfonamides is 1. The molecule has 0 bridgehead atoms. The second-order valence-electron chi connectivity index (χ2n) is 4.10. The molecule has 1 aromatic heterocycles. The minimum absolute atomic E-state index is 0.0408. The average molecular weight is 273 g/mol. The molecule has 102 valence electrons. The highest BCUT2D eigenvalue weighted by molar-refractivity contribution is 7.89. The van der Waals surface area contributed by atoms with Gasteiger partial charge in [0.25, 0.3) is 5.91 Å². The predicted molar refractivity (Wildman–Crippen MR) is 68.7 cm³/mol. The molecule has 0 aromatic carbocycles. The van der Waals surface area contributed by atoms with E-state index >= 15 is 0 Å². The Balaban J connectivity index is 3.10. The SMILES string of the molecule is CCCN(CC)C(=O)c1cc(S(N)(=O)=O)cn1C. The number of carbonyl (C=O) groups excluding carboxylic acids is 1. The predicted octanol–water partition coefficient (Wildman–Crippen LogP) is 0.545. The molecule has 1 aromatic rings. The summed E-state index contributed by atoms with van der Waals surface area (Å²) in [6, 6.07) is 1.32. The molecule has 0 aliphatic rings. The lowest BCUT2D eigenvalue weighted by Gasteiger charge is -2.20. The molecule has 0 aliphatic heterocycles. The lowest BCUT2D eigenvalue weighted by molar-refractivity contribution is 0.0755. The fourth-order valence-electron chi connectivity index (χ4n) is 1.74. The Morgan fingerprint density at radius 2 is 2.06 bits per heavy atom. The smallest absolute Gasteiger partial charge is 0.270 e. The summed E-state index contributed by atoms with van der Waals surface area (Å²) in [5.74, 6) is -0.184. The van der Waals surface area contributed by atoms with Gasteiger partial charge in [0.05, 0.1) is 0 Å². The first-order valence-corrected chi connectivity index (χ1v) is 7.34. The van der Waals surface area contributed by atoms with Gasteiger partial charge in [-0.25, -0.2) is 13.6 Å². The first-order valence-electron chi connectivity index (χ1n) is 5.79. The number of aryl methyl sites for hydroxylation is 1. The molecule has 0 saturated carbocycles. The molecule has 0 unspecified atom stereocenters. The first-order chi connectivity index (χ1) is 8.31. The van der Waals surface area contributed by atoms with Crippen molar-refractivity contribution in [1.29, 1.82) is 0 Å². The van der Waals surface area contributed by atoms with Crippen LogP contribution in [-0.4, -0.2) is 36.9 Å². The quantitative estimate of drug-likeness (QED) is 0.849. The Kier molecular flexibility index (Phi) is 4.53. The van der Waals surface area contributed by atoms with Crippen LogP contribution in [0.4, 0.5) is 0 Å². The molecule has 7 heteroatoms. The molecule has 0 radical (unpaired) electrons. The first kappa shape index (κ1) is 14.7. The van der Waals surface area contributed by atoms with Crippen molar-refractivity contribution in [3.63, 3.8) is 0 Å². The van der Waals surface area contributed by atoms with E-state index in [9.17, 15) is 13.2 Å². The summed E-state index contributed by atoms with van der Waals surface area (Å²) < 4.78 is 23.9. The Morgan fingerprint density at radius 1 is 1.44 bits per heavy atom. The number of nitrogens with two attached hydrogens (primary N) is 1. The van der Waals surface area contributed by atoms with Crippen LogP contribution >= 0.6 is 0 Å². The Morgan fingerprint density at radius 3 is 2.44 bits per heavy atom. The summed E-state index contributed by atoms with van der Waals surface area (Å²) in [5, 5.41) is 5.04. The van der Waals surface area contributed by atoms with Gasteiger partial charge in [0.2, 0.25) is 10.0 Å². The van der Waals surface area contributed by atoms with Crippen LogP contribution in [0.2, 0.25) is 0 Å². The van der Waals surface area contributed by atoms with E-state index in [-0.39, 0.29) is 10.8 Å². The lowest BCUT2D eigenvalue weighted by Crippen LogP contribution is -2.32. The van der Waals surface area contributed by atoms with Gasteiger partial charge in [-0.3, -0.25) is 4.79 Å². The molecule has 1 amide bonds. The summed E-state index contributed by atoms with van der Waals surface area (Å²) in [4.78, 5) is 13.8. The molecule has 2 N–H and O–H groups in total. The zero-order valence-corrected chi connectivity index (χ0v) is 11.7. The number of carbonyl (C=O) groups is 1. The third kappa shape index (κ3) is 3.11. The van der Waals surface area contributed by atoms with Crippen molar-refractivity contribution in [1.82, 2.24) is 9.47 Å². The van der Waals surface area contributed by atoms with Crippen LogP contribution in [-0.2, 0) is 17.1 Å². The fraction of sp³-hybridized carbons (Fsp3) is 0.545. The number of nitrogens with zero attached hydrogens (tertiary/aromatic N) is 2. The molecule has 18 heavy (non-hydrogen) atoms. The van der Waals surface area contributed by atoms with E-state index in [0.717, 1.165) is 6.42 Å². The van der Waals surface area contributed by atoms with Gasteiger partial charge in [-0.05, 0) is 19.4 Å². The monoisotopic (exact) mass is 273 g/mol. The number of hydrogen-bond donors (Lipinski definition) is 1. The number of rotatable bonds is 5. The fourth-order valence-corrected chi connectivity index (χ4v) is 2.32. The van der Waals surface area contributed by atoms with Crippen molar-refractivity contribution in [2.75, 3.05) is 13.1 Å². The van der Waals surface area contributed by atoms with E-state index in [0.29, 0.717) is 18.8 Å². The molecule has 0 fully saturated rings. The van der Waals surface area contributed by atoms with Crippen LogP contribution in [0.1, 0.15) is 30.8 Å². The van der Waals surface area contributed by atoms with Gasteiger partial charge < -0.3 is 9.47 Å². The topological polar surface area (TPSA) is 85.4 Å². The van der Waals surface area contributed by atoms with Crippen molar-refractivity contribution in [2.24, 2.45) is 12.2 Å². The highest BCUT2D eigenvalue weighted by atomic mass is 32.2. The van der Waals surface area contributed by atoms with Crippen LogP contribution in [0.25, 0.3) is 0 Å². The maximum atomic E-state index is 12.2. The van der Waals surface area contributed by atoms with Gasteiger partial charge in [0.15, 0.2) is 0 Å². The number of aromatic nitrogens is 1. The van der Waals surface area contributed by atoms with Crippen molar-refractivity contribution in [2.45, 2.75) is 25.2 Å². The van der Waals surface area contributed by atoms with Gasteiger partial charge in [0, 0.05) is 26.3 Å². The molecular weight excluding hydrogens is 254 g/mol. The standard InChI is InChI=1S/C11H19N3O3S/c1-4-6-14(5-2)11(15)10-7-9(8-13(10)3)18(12,16)17/h7-8H,4-6H2,1-3H3,(H2,12,16,17). The van der Waals surface area contributed by atoms with Gasteiger partial charge in [-0.1, -0.05) is 6.92 Å². The summed E-state index contributed by atoms with van der Waals surface area (Å²) in [7, 11) is -2.15. The van der Waals surface area contributed by atoms with Gasteiger partial charge >= 0.3 is 0 Å². The zero-order valence-electron chi connectivity index (χ0n) is 10.9. The molecule has 6 nitrogen and oxygen atoms in total. The Bertz CT molecular complexity index is 534. The van der Waals surface area contributed by atoms with Gasteiger partial charge in [-0.2, -0.15) is 0 Å². The van der Waals surface area contributed by atoms with E-state index in [1.165, 1.54) is 16.8 Å². The summed E-state index contributed by atoms with van der Waals surface area (Å²) in [6.45, 7) is 5.10. The van der Waals surface area contributed by atoms with Gasteiger partial charge in [0.1, 0.15) is 10.6 Å². The van der Waals surface area contributed by atoms with Gasteiger partial charge in [-0.15, -0.1) is 0 Å².